The number of rotatable bonds is 14. The molecule has 0 spiro atoms. The zero-order valence-corrected chi connectivity index (χ0v) is 26.9. The molecule has 0 radical (unpaired) electrons. The Kier molecular flexibility index (Phi) is 12.1. The van der Waals surface area contributed by atoms with Gasteiger partial charge in [-0.25, -0.2) is 9.07 Å². The van der Waals surface area contributed by atoms with Crippen LogP contribution in [0.1, 0.15) is 43.2 Å². The molecule has 0 aliphatic rings. The Morgan fingerprint density at radius 2 is 1.59 bits per heavy atom. The summed E-state index contributed by atoms with van der Waals surface area (Å²) >= 11 is 1.24. The number of thioether (sulfide) groups is 1. The van der Waals surface area contributed by atoms with Gasteiger partial charge in [0, 0.05) is 25.4 Å². The lowest BCUT2D eigenvalue weighted by atomic mass is 10.0. The second kappa shape index (κ2) is 16.0. The van der Waals surface area contributed by atoms with Crippen LogP contribution in [0.25, 0.3) is 11.1 Å². The van der Waals surface area contributed by atoms with Crippen molar-refractivity contribution in [2.45, 2.75) is 57.4 Å². The average molecular weight is 656 g/mol. The van der Waals surface area contributed by atoms with E-state index in [-0.39, 0.29) is 35.7 Å². The molecule has 0 saturated carbocycles. The van der Waals surface area contributed by atoms with Gasteiger partial charge in [-0.05, 0) is 72.1 Å². The summed E-state index contributed by atoms with van der Waals surface area (Å²) in [6.45, 7) is 8.71. The maximum atomic E-state index is 13.9. The molecule has 7 nitrogen and oxygen atoms in total. The molecule has 0 fully saturated rings. The number of hydrogen-bond acceptors (Lipinski definition) is 6. The molecular weight excluding hydrogens is 618 g/mol. The molecule has 4 aromatic rings. The van der Waals surface area contributed by atoms with Crippen LogP contribution in [0.5, 0.6) is 0 Å². The van der Waals surface area contributed by atoms with Crippen molar-refractivity contribution in [1.82, 2.24) is 24.6 Å². The third-order valence-electron chi connectivity index (χ3n) is 7.59. The van der Waals surface area contributed by atoms with E-state index in [4.69, 9.17) is 0 Å². The van der Waals surface area contributed by atoms with Gasteiger partial charge in [-0.15, -0.1) is 0 Å². The molecule has 244 valence electrons. The Morgan fingerprint density at radius 3 is 2.22 bits per heavy atom. The number of likely N-dealkylation sites (N-methyl/N-ethyl adjacent to an activating group) is 1. The van der Waals surface area contributed by atoms with E-state index < -0.39 is 17.3 Å². The van der Waals surface area contributed by atoms with E-state index in [1.54, 1.807) is 24.0 Å². The number of aryl methyl sites for hydroxylation is 1. The van der Waals surface area contributed by atoms with E-state index >= 15 is 0 Å². The van der Waals surface area contributed by atoms with Crippen LogP contribution in [0.15, 0.2) is 82.7 Å². The summed E-state index contributed by atoms with van der Waals surface area (Å²) in [4.78, 5) is 34.7. The van der Waals surface area contributed by atoms with Gasteiger partial charge < -0.3 is 9.80 Å². The third kappa shape index (κ3) is 9.49. The zero-order chi connectivity index (χ0) is 33.3. The first-order valence-corrected chi connectivity index (χ1v) is 16.1. The minimum atomic E-state index is -4.42. The van der Waals surface area contributed by atoms with Gasteiger partial charge >= 0.3 is 6.18 Å². The van der Waals surface area contributed by atoms with Crippen molar-refractivity contribution in [1.29, 1.82) is 0 Å². The van der Waals surface area contributed by atoms with E-state index in [1.165, 1.54) is 40.7 Å². The van der Waals surface area contributed by atoms with Gasteiger partial charge in [0.1, 0.15) is 18.1 Å². The predicted octanol–water partition coefficient (Wildman–Crippen LogP) is 6.69. The first-order valence-electron chi connectivity index (χ1n) is 15.1. The highest BCUT2D eigenvalue weighted by Gasteiger charge is 2.30. The van der Waals surface area contributed by atoms with Crippen LogP contribution in [-0.4, -0.2) is 56.7 Å². The number of alkyl halides is 3. The van der Waals surface area contributed by atoms with E-state index in [9.17, 15) is 27.2 Å². The van der Waals surface area contributed by atoms with Gasteiger partial charge in [-0.2, -0.15) is 23.3 Å². The molecule has 0 aliphatic carbocycles. The van der Waals surface area contributed by atoms with Crippen molar-refractivity contribution in [2.75, 3.05) is 26.2 Å². The second-order valence-corrected chi connectivity index (χ2v) is 11.6. The monoisotopic (exact) mass is 655 g/mol. The molecule has 0 bridgehead atoms. The average Bonchev–Trinajstić information content (AvgIpc) is 3.05. The predicted molar refractivity (Wildman–Crippen MR) is 172 cm³/mol. The fourth-order valence-electron chi connectivity index (χ4n) is 4.84. The molecule has 1 amide bonds. The van der Waals surface area contributed by atoms with Crippen molar-refractivity contribution in [3.63, 3.8) is 0 Å². The Morgan fingerprint density at radius 1 is 0.891 bits per heavy atom. The van der Waals surface area contributed by atoms with Crippen LogP contribution in [-0.2, 0) is 36.2 Å². The zero-order valence-electron chi connectivity index (χ0n) is 26.1. The number of aromatic nitrogens is 3. The number of carbonyl (C=O) groups excluding carboxylic acids is 1. The lowest BCUT2D eigenvalue weighted by Gasteiger charge is -2.27. The van der Waals surface area contributed by atoms with Crippen molar-refractivity contribution in [2.24, 2.45) is 0 Å². The summed E-state index contributed by atoms with van der Waals surface area (Å²) in [5.41, 5.74) is 2.09. The maximum absolute atomic E-state index is 13.9. The summed E-state index contributed by atoms with van der Waals surface area (Å²) in [6, 6.07) is 18.4. The molecule has 0 unspecified atom stereocenters. The van der Waals surface area contributed by atoms with Crippen molar-refractivity contribution >= 4 is 17.7 Å². The number of amides is 1. The fraction of sp³-hybridized carbons (Fsp3) is 0.353. The first-order chi connectivity index (χ1) is 22.0. The van der Waals surface area contributed by atoms with Gasteiger partial charge in [0.05, 0.1) is 5.56 Å². The summed E-state index contributed by atoms with van der Waals surface area (Å²) in [5, 5.41) is 4.76. The summed E-state index contributed by atoms with van der Waals surface area (Å²) in [7, 11) is 0. The minimum Gasteiger partial charge on any atom is -0.335 e. The lowest BCUT2D eigenvalue weighted by molar-refractivity contribution is -0.137. The van der Waals surface area contributed by atoms with Gasteiger partial charge in [0.2, 0.25) is 5.91 Å². The minimum absolute atomic E-state index is 0.150. The van der Waals surface area contributed by atoms with Crippen LogP contribution in [0.3, 0.4) is 0 Å². The molecular formula is C34H37F4N5O2S. The Bertz CT molecular complexity index is 1660. The number of hydrogen-bond donors (Lipinski definition) is 0. The molecule has 4 rings (SSSR count). The number of benzene rings is 3. The van der Waals surface area contributed by atoms with Crippen LogP contribution >= 0.6 is 11.8 Å². The van der Waals surface area contributed by atoms with Crippen molar-refractivity contribution < 1.29 is 22.4 Å². The quantitative estimate of drug-likeness (QED) is 0.111. The highest BCUT2D eigenvalue weighted by molar-refractivity contribution is 7.98. The topological polar surface area (TPSA) is 71.3 Å². The van der Waals surface area contributed by atoms with Crippen LogP contribution in [0.4, 0.5) is 17.6 Å². The standard InChI is InChI=1S/C34H37F4N5O2S/c1-4-30-32(45)39-33(46-23-24-10-16-29(35)17-11-24)43(40-30)22-31(44)42(19-18-41(5-2)6-3)21-25-8-7-9-27(20-25)26-12-14-28(15-13-26)34(36,37)38/h7-17,20H,4-6,18-19,21-23H2,1-3H3. The van der Waals surface area contributed by atoms with Gasteiger partial charge in [-0.1, -0.05) is 75.0 Å². The Labute approximate surface area is 270 Å². The number of nitrogens with zero attached hydrogens (tertiary/aromatic N) is 5. The molecule has 0 N–H and O–H groups in total. The maximum Gasteiger partial charge on any atom is 0.416 e. The van der Waals surface area contributed by atoms with E-state index in [0.29, 0.717) is 30.8 Å². The Hall–Kier alpha value is -4.03. The van der Waals surface area contributed by atoms with E-state index in [2.05, 4.69) is 28.8 Å². The first kappa shape index (κ1) is 34.8. The Balaban J connectivity index is 1.59. The van der Waals surface area contributed by atoms with Crippen molar-refractivity contribution in [3.8, 4) is 11.1 Å². The number of carbonyl (C=O) groups is 1. The SMILES string of the molecule is CCc1nn(CC(=O)N(CCN(CC)CC)Cc2cccc(-c3ccc(C(F)(F)F)cc3)c2)c(SCc2ccc(F)cc2)nc1=O. The highest BCUT2D eigenvalue weighted by Crippen LogP contribution is 2.31. The molecule has 46 heavy (non-hydrogen) atoms. The van der Waals surface area contributed by atoms with Crippen LogP contribution in [0, 0.1) is 5.82 Å². The molecule has 0 atom stereocenters. The molecule has 0 aliphatic heterocycles. The lowest BCUT2D eigenvalue weighted by Crippen LogP contribution is -2.40. The third-order valence-corrected chi connectivity index (χ3v) is 8.62. The molecule has 3 aromatic carbocycles. The highest BCUT2D eigenvalue weighted by atomic mass is 32.2. The van der Waals surface area contributed by atoms with Gasteiger partial charge in [0.25, 0.3) is 5.56 Å². The summed E-state index contributed by atoms with van der Waals surface area (Å²) in [5.74, 6) is -0.176. The summed E-state index contributed by atoms with van der Waals surface area (Å²) in [6.07, 6.45) is -4.06. The van der Waals surface area contributed by atoms with Crippen LogP contribution in [0.2, 0.25) is 0 Å². The molecule has 0 saturated heterocycles. The number of halogens is 4. The van der Waals surface area contributed by atoms with Crippen LogP contribution < -0.4 is 5.56 Å². The van der Waals surface area contributed by atoms with E-state index in [0.717, 1.165) is 41.9 Å². The van der Waals surface area contributed by atoms with Gasteiger partial charge in [0.15, 0.2) is 5.16 Å². The molecule has 12 heteroatoms. The fourth-order valence-corrected chi connectivity index (χ4v) is 5.73. The normalized spacial score (nSPS) is 11.7. The summed E-state index contributed by atoms with van der Waals surface area (Å²) < 4.78 is 54.1. The van der Waals surface area contributed by atoms with E-state index in [1.807, 2.05) is 24.3 Å². The second-order valence-electron chi connectivity index (χ2n) is 10.7. The van der Waals surface area contributed by atoms with Gasteiger partial charge in [-0.3, -0.25) is 9.59 Å². The molecule has 1 heterocycles. The largest absolute Gasteiger partial charge is 0.416 e. The van der Waals surface area contributed by atoms with Crippen molar-refractivity contribution in [3.05, 3.63) is 111 Å². The molecule has 1 aromatic heterocycles. The smallest absolute Gasteiger partial charge is 0.335 e.